The van der Waals surface area contributed by atoms with E-state index in [0.29, 0.717) is 37.2 Å². The number of rotatable bonds is 13. The van der Waals surface area contributed by atoms with Crippen LogP contribution >= 0.6 is 0 Å². The van der Waals surface area contributed by atoms with Crippen LogP contribution < -0.4 is 10.7 Å². The molecule has 3 rings (SSSR count). The van der Waals surface area contributed by atoms with Crippen molar-refractivity contribution in [3.63, 3.8) is 0 Å². The third-order valence-electron chi connectivity index (χ3n) is 6.82. The van der Waals surface area contributed by atoms with Crippen molar-refractivity contribution >= 4 is 23.4 Å². The monoisotopic (exact) mass is 522 g/mol. The molecule has 204 valence electrons. The summed E-state index contributed by atoms with van der Waals surface area (Å²) in [6.07, 6.45) is 8.81. The first-order chi connectivity index (χ1) is 18.5. The predicted molar refractivity (Wildman–Crippen MR) is 147 cm³/mol. The molecule has 3 amide bonds. The van der Waals surface area contributed by atoms with E-state index >= 15 is 0 Å². The number of hydrogen-bond acceptors (Lipinski definition) is 4. The number of benzene rings is 2. The van der Waals surface area contributed by atoms with Crippen molar-refractivity contribution in [3.05, 3.63) is 71.5 Å². The largest absolute Gasteiger partial charge is 0.346 e. The SMILES string of the molecule is CCCCCCCCC(=O)N1CCC[C@H](C(=O)N/N=C(\CNC(=O)c2ccc(F)cc2)c2ccccc2)C1. The molecule has 2 aromatic rings. The highest BCUT2D eigenvalue weighted by Crippen LogP contribution is 2.19. The zero-order valence-corrected chi connectivity index (χ0v) is 22.3. The molecule has 0 unspecified atom stereocenters. The molecule has 38 heavy (non-hydrogen) atoms. The van der Waals surface area contributed by atoms with Gasteiger partial charge in [0.15, 0.2) is 0 Å². The zero-order chi connectivity index (χ0) is 27.2. The van der Waals surface area contributed by atoms with Crippen LogP contribution in [0.15, 0.2) is 59.7 Å². The van der Waals surface area contributed by atoms with Crippen LogP contribution in [0.5, 0.6) is 0 Å². The Hall–Kier alpha value is -3.55. The minimum Gasteiger partial charge on any atom is -0.346 e. The van der Waals surface area contributed by atoms with Crippen molar-refractivity contribution in [1.82, 2.24) is 15.6 Å². The predicted octanol–water partition coefficient (Wildman–Crippen LogP) is 5.07. The van der Waals surface area contributed by atoms with Crippen LogP contribution in [0.25, 0.3) is 0 Å². The second kappa shape index (κ2) is 15.6. The van der Waals surface area contributed by atoms with Crippen LogP contribution in [0.3, 0.4) is 0 Å². The van der Waals surface area contributed by atoms with Gasteiger partial charge in [-0.25, -0.2) is 9.82 Å². The summed E-state index contributed by atoms with van der Waals surface area (Å²) in [5, 5.41) is 7.12. The molecule has 0 bridgehead atoms. The Morgan fingerprint density at radius 2 is 1.66 bits per heavy atom. The first kappa shape index (κ1) is 29.0. The highest BCUT2D eigenvalue weighted by atomic mass is 19.1. The molecule has 2 aromatic carbocycles. The Morgan fingerprint density at radius 3 is 2.39 bits per heavy atom. The molecule has 1 aliphatic heterocycles. The third-order valence-corrected chi connectivity index (χ3v) is 6.82. The van der Waals surface area contributed by atoms with E-state index in [9.17, 15) is 18.8 Å². The van der Waals surface area contributed by atoms with E-state index in [0.717, 1.165) is 31.2 Å². The lowest BCUT2D eigenvalue weighted by Gasteiger charge is -2.31. The van der Waals surface area contributed by atoms with Gasteiger partial charge < -0.3 is 10.2 Å². The van der Waals surface area contributed by atoms with Gasteiger partial charge in [-0.2, -0.15) is 5.10 Å². The van der Waals surface area contributed by atoms with Gasteiger partial charge in [0.25, 0.3) is 5.91 Å². The van der Waals surface area contributed by atoms with Gasteiger partial charge in [0, 0.05) is 25.1 Å². The molecular weight excluding hydrogens is 483 g/mol. The van der Waals surface area contributed by atoms with Crippen molar-refractivity contribution < 1.29 is 18.8 Å². The number of hydrogen-bond donors (Lipinski definition) is 2. The van der Waals surface area contributed by atoms with Crippen molar-refractivity contribution in [3.8, 4) is 0 Å². The normalized spacial score (nSPS) is 15.7. The smallest absolute Gasteiger partial charge is 0.251 e. The van der Waals surface area contributed by atoms with E-state index in [1.807, 2.05) is 35.2 Å². The number of likely N-dealkylation sites (tertiary alicyclic amines) is 1. The fourth-order valence-corrected chi connectivity index (χ4v) is 4.55. The lowest BCUT2D eigenvalue weighted by molar-refractivity contribution is -0.135. The molecule has 1 fully saturated rings. The van der Waals surface area contributed by atoms with E-state index in [-0.39, 0.29) is 30.2 Å². The molecule has 2 N–H and O–H groups in total. The van der Waals surface area contributed by atoms with Crippen LogP contribution in [-0.4, -0.2) is 48.0 Å². The summed E-state index contributed by atoms with van der Waals surface area (Å²) in [6, 6.07) is 14.5. The van der Waals surface area contributed by atoms with E-state index in [1.54, 1.807) is 0 Å². The van der Waals surface area contributed by atoms with Gasteiger partial charge in [0.05, 0.1) is 18.2 Å². The molecule has 1 aliphatic rings. The van der Waals surface area contributed by atoms with Crippen molar-refractivity contribution in [2.75, 3.05) is 19.6 Å². The highest BCUT2D eigenvalue weighted by Gasteiger charge is 2.28. The van der Waals surface area contributed by atoms with Crippen molar-refractivity contribution in [2.45, 2.75) is 64.7 Å². The second-order valence-corrected chi connectivity index (χ2v) is 9.79. The summed E-state index contributed by atoms with van der Waals surface area (Å²) in [6.45, 7) is 3.35. The summed E-state index contributed by atoms with van der Waals surface area (Å²) in [5.41, 5.74) is 4.24. The van der Waals surface area contributed by atoms with Gasteiger partial charge in [-0.3, -0.25) is 14.4 Å². The van der Waals surface area contributed by atoms with Crippen molar-refractivity contribution in [2.24, 2.45) is 11.0 Å². The minimum atomic E-state index is -0.416. The molecule has 1 atom stereocenters. The van der Waals surface area contributed by atoms with Gasteiger partial charge in [0.2, 0.25) is 11.8 Å². The average molecular weight is 523 g/mol. The van der Waals surface area contributed by atoms with E-state index in [1.165, 1.54) is 43.5 Å². The fraction of sp³-hybridized carbons (Fsp3) is 0.467. The summed E-state index contributed by atoms with van der Waals surface area (Å²) in [4.78, 5) is 40.0. The van der Waals surface area contributed by atoms with E-state index in [4.69, 9.17) is 0 Å². The number of piperidine rings is 1. The average Bonchev–Trinajstić information content (AvgIpc) is 2.95. The number of hydrazone groups is 1. The summed E-state index contributed by atoms with van der Waals surface area (Å²) in [5.74, 6) is -1.23. The van der Waals surface area contributed by atoms with Gasteiger partial charge in [-0.1, -0.05) is 69.4 Å². The Labute approximate surface area is 224 Å². The van der Waals surface area contributed by atoms with Gasteiger partial charge in [-0.15, -0.1) is 0 Å². The minimum absolute atomic E-state index is 0.0774. The Kier molecular flexibility index (Phi) is 11.9. The molecular formula is C30H39FN4O3. The van der Waals surface area contributed by atoms with Crippen LogP contribution in [0, 0.1) is 11.7 Å². The lowest BCUT2D eigenvalue weighted by Crippen LogP contribution is -2.45. The van der Waals surface area contributed by atoms with Crippen LogP contribution in [-0.2, 0) is 9.59 Å². The Bertz CT molecular complexity index is 1070. The highest BCUT2D eigenvalue weighted by molar-refractivity contribution is 6.05. The lowest BCUT2D eigenvalue weighted by atomic mass is 9.97. The van der Waals surface area contributed by atoms with Crippen molar-refractivity contribution in [1.29, 1.82) is 0 Å². The number of nitrogens with zero attached hydrogens (tertiary/aromatic N) is 2. The summed E-state index contributed by atoms with van der Waals surface area (Å²) < 4.78 is 13.2. The molecule has 8 heteroatoms. The van der Waals surface area contributed by atoms with E-state index < -0.39 is 5.82 Å². The molecule has 7 nitrogen and oxygen atoms in total. The zero-order valence-electron chi connectivity index (χ0n) is 22.3. The molecule has 0 aliphatic carbocycles. The standard InChI is InChI=1S/C30H39FN4O3/c1-2-3-4-5-6-10-15-28(36)35-20-11-14-25(22-35)30(38)34-33-27(23-12-8-7-9-13-23)21-32-29(37)24-16-18-26(31)19-17-24/h7-9,12-13,16-19,25H,2-6,10-11,14-15,20-22H2,1H3,(H,32,37)(H,34,38)/b33-27+/t25-/m0/s1. The third kappa shape index (κ3) is 9.39. The molecule has 1 heterocycles. The molecule has 1 saturated heterocycles. The molecule has 0 saturated carbocycles. The van der Waals surface area contributed by atoms with Gasteiger partial charge in [0.1, 0.15) is 5.82 Å². The maximum atomic E-state index is 13.2. The second-order valence-electron chi connectivity index (χ2n) is 9.79. The number of amides is 3. The topological polar surface area (TPSA) is 90.9 Å². The van der Waals surface area contributed by atoms with Gasteiger partial charge >= 0.3 is 0 Å². The fourth-order valence-electron chi connectivity index (χ4n) is 4.55. The maximum absolute atomic E-state index is 13.2. The first-order valence-electron chi connectivity index (χ1n) is 13.7. The van der Waals surface area contributed by atoms with Crippen LogP contribution in [0.2, 0.25) is 0 Å². The Morgan fingerprint density at radius 1 is 0.947 bits per heavy atom. The summed E-state index contributed by atoms with van der Waals surface area (Å²) in [7, 11) is 0. The first-order valence-corrected chi connectivity index (χ1v) is 13.7. The number of nitrogens with one attached hydrogen (secondary N) is 2. The van der Waals surface area contributed by atoms with Gasteiger partial charge in [-0.05, 0) is 49.1 Å². The van der Waals surface area contributed by atoms with Crippen LogP contribution in [0.1, 0.15) is 80.6 Å². The Balaban J connectivity index is 1.55. The van der Waals surface area contributed by atoms with E-state index in [2.05, 4.69) is 22.8 Å². The molecule has 0 aromatic heterocycles. The number of halogens is 1. The summed E-state index contributed by atoms with van der Waals surface area (Å²) >= 11 is 0. The number of unbranched alkanes of at least 4 members (excludes halogenated alkanes) is 5. The molecule has 0 spiro atoms. The maximum Gasteiger partial charge on any atom is 0.251 e. The quantitative estimate of drug-likeness (QED) is 0.219. The number of carbonyl (C=O) groups excluding carboxylic acids is 3. The molecule has 0 radical (unpaired) electrons. The number of carbonyl (C=O) groups is 3. The van der Waals surface area contributed by atoms with Crippen LogP contribution in [0.4, 0.5) is 4.39 Å².